The molecule has 1 heterocycles. The second kappa shape index (κ2) is 14.7. The van der Waals surface area contributed by atoms with E-state index in [2.05, 4.69) is 48.4 Å². The molecule has 0 bridgehead atoms. The molecule has 0 N–H and O–H groups in total. The summed E-state index contributed by atoms with van der Waals surface area (Å²) >= 11 is 0. The summed E-state index contributed by atoms with van der Waals surface area (Å²) in [5, 5.41) is 0. The van der Waals surface area contributed by atoms with Crippen LogP contribution in [0.2, 0.25) is 0 Å². The van der Waals surface area contributed by atoms with Crippen molar-refractivity contribution in [2.75, 3.05) is 0 Å². The number of hydrogen-bond donors (Lipinski definition) is 0. The van der Waals surface area contributed by atoms with E-state index in [0.717, 1.165) is 44.9 Å². The number of carbonyl (C=O) groups excluding carboxylic acids is 1. The lowest BCUT2D eigenvalue weighted by Gasteiger charge is -2.08. The Balaban J connectivity index is 1.29. The number of carbonyl (C=O) groups is 1. The van der Waals surface area contributed by atoms with Gasteiger partial charge < -0.3 is 9.15 Å². The van der Waals surface area contributed by atoms with E-state index in [4.69, 9.17) is 9.15 Å². The predicted molar refractivity (Wildman–Crippen MR) is 142 cm³/mol. The summed E-state index contributed by atoms with van der Waals surface area (Å²) < 4.78 is 11.2. The molecule has 0 atom stereocenters. The van der Waals surface area contributed by atoms with Crippen molar-refractivity contribution in [3.8, 4) is 17.2 Å². The third kappa shape index (κ3) is 9.36. The van der Waals surface area contributed by atoms with E-state index >= 15 is 0 Å². The lowest BCUT2D eigenvalue weighted by atomic mass is 10.1. The van der Waals surface area contributed by atoms with Crippen molar-refractivity contribution < 1.29 is 13.9 Å². The van der Waals surface area contributed by atoms with Crippen LogP contribution in [0.1, 0.15) is 71.1 Å². The highest BCUT2D eigenvalue weighted by atomic mass is 16.5. The van der Waals surface area contributed by atoms with Crippen molar-refractivity contribution in [3.05, 3.63) is 83.1 Å². The minimum absolute atomic E-state index is 0.139. The normalized spacial score (nSPS) is 12.0. The van der Waals surface area contributed by atoms with Gasteiger partial charge in [-0.05, 0) is 62.8 Å². The summed E-state index contributed by atoms with van der Waals surface area (Å²) in [5.74, 6) is 0.585. The first-order valence-corrected chi connectivity index (χ1v) is 12.7. The van der Waals surface area contributed by atoms with Crippen LogP contribution < -0.4 is 10.2 Å². The minimum atomic E-state index is -0.249. The largest absolute Gasteiger partial charge is 0.453 e. The van der Waals surface area contributed by atoms with Crippen LogP contribution >= 0.6 is 0 Å². The molecule has 1 aromatic rings. The molecular formula is C30H35NO4. The Bertz CT molecular complexity index is 1190. The van der Waals surface area contributed by atoms with E-state index in [1.807, 2.05) is 0 Å². The van der Waals surface area contributed by atoms with E-state index in [9.17, 15) is 9.59 Å². The van der Waals surface area contributed by atoms with Gasteiger partial charge in [0.1, 0.15) is 17.0 Å². The first-order chi connectivity index (χ1) is 17.2. The zero-order valence-corrected chi connectivity index (χ0v) is 20.6. The third-order valence-corrected chi connectivity index (χ3v) is 5.59. The van der Waals surface area contributed by atoms with Crippen molar-refractivity contribution in [2.45, 2.75) is 71.1 Å². The lowest BCUT2D eigenvalue weighted by molar-refractivity contribution is -0.134. The number of ether oxygens (including phenoxy) is 1. The number of rotatable bonds is 14. The summed E-state index contributed by atoms with van der Waals surface area (Å²) in [4.78, 5) is 28.2. The average Bonchev–Trinajstić information content (AvgIpc) is 2.85. The predicted octanol–water partition coefficient (Wildman–Crippen LogP) is 7.79. The smallest absolute Gasteiger partial charge is 0.311 e. The third-order valence-electron chi connectivity index (χ3n) is 5.59. The fourth-order valence-corrected chi connectivity index (χ4v) is 3.72. The molecule has 0 unspecified atom stereocenters. The van der Waals surface area contributed by atoms with Crippen LogP contribution in [0.4, 0.5) is 0 Å². The Kier molecular flexibility index (Phi) is 11.0. The van der Waals surface area contributed by atoms with Gasteiger partial charge in [0.05, 0.1) is 0 Å². The first kappa shape index (κ1) is 26.1. The van der Waals surface area contributed by atoms with Gasteiger partial charge in [0, 0.05) is 18.6 Å². The van der Waals surface area contributed by atoms with Gasteiger partial charge in [-0.2, -0.15) is 0 Å². The van der Waals surface area contributed by atoms with Crippen LogP contribution in [0.5, 0.6) is 5.75 Å². The van der Waals surface area contributed by atoms with Crippen LogP contribution in [0.15, 0.2) is 82.1 Å². The second-order valence-corrected chi connectivity index (χ2v) is 8.55. The monoisotopic (exact) mass is 473 g/mol. The number of nitrogens with zero attached hydrogens (tertiary/aromatic N) is 1. The second-order valence-electron chi connectivity index (χ2n) is 8.55. The van der Waals surface area contributed by atoms with Crippen molar-refractivity contribution in [1.82, 2.24) is 4.98 Å². The van der Waals surface area contributed by atoms with Gasteiger partial charge in [-0.25, -0.2) is 4.98 Å². The highest BCUT2D eigenvalue weighted by Crippen LogP contribution is 2.26. The van der Waals surface area contributed by atoms with Gasteiger partial charge >= 0.3 is 5.97 Å². The summed E-state index contributed by atoms with van der Waals surface area (Å²) in [6, 6.07) is 9.61. The molecule has 0 amide bonds. The van der Waals surface area contributed by atoms with E-state index in [-0.39, 0.29) is 11.4 Å². The van der Waals surface area contributed by atoms with Crippen molar-refractivity contribution >= 4 is 17.1 Å². The number of esters is 1. The van der Waals surface area contributed by atoms with Gasteiger partial charge in [0.15, 0.2) is 16.8 Å². The highest BCUT2D eigenvalue weighted by Gasteiger charge is 2.11. The topological polar surface area (TPSA) is 69.4 Å². The highest BCUT2D eigenvalue weighted by molar-refractivity contribution is 5.79. The molecular weight excluding hydrogens is 438 g/mol. The molecule has 1 aliphatic heterocycles. The van der Waals surface area contributed by atoms with Gasteiger partial charge in [-0.3, -0.25) is 9.59 Å². The number of fused-ring (bicyclic) bond motifs is 2. The maximum absolute atomic E-state index is 12.2. The maximum atomic E-state index is 12.2. The number of aromatic nitrogens is 1. The van der Waals surface area contributed by atoms with Crippen LogP contribution in [-0.2, 0) is 4.79 Å². The number of hydrogen-bond acceptors (Lipinski definition) is 5. The fourth-order valence-electron chi connectivity index (χ4n) is 3.72. The summed E-state index contributed by atoms with van der Waals surface area (Å²) in [6.45, 7) is 2.15. The van der Waals surface area contributed by atoms with E-state index in [1.54, 1.807) is 24.3 Å². The Labute approximate surface area is 207 Å². The number of unbranched alkanes of at least 4 members (excludes halogenated alkanes) is 5. The van der Waals surface area contributed by atoms with E-state index < -0.39 is 0 Å². The van der Waals surface area contributed by atoms with Crippen LogP contribution in [0.25, 0.3) is 22.6 Å². The molecule has 0 saturated carbocycles. The molecule has 5 nitrogen and oxygen atoms in total. The molecule has 0 spiro atoms. The summed E-state index contributed by atoms with van der Waals surface area (Å²) in [6.07, 6.45) is 23.3. The van der Waals surface area contributed by atoms with Gasteiger partial charge in [-0.1, -0.05) is 62.6 Å². The molecule has 3 rings (SSSR count). The fraction of sp³-hybridized carbons (Fsp3) is 0.367. The van der Waals surface area contributed by atoms with Crippen molar-refractivity contribution in [1.29, 1.82) is 0 Å². The van der Waals surface area contributed by atoms with Crippen molar-refractivity contribution in [2.24, 2.45) is 0 Å². The van der Waals surface area contributed by atoms with Crippen LogP contribution in [0, 0.1) is 0 Å². The average molecular weight is 474 g/mol. The molecule has 2 aliphatic rings. The molecule has 5 heteroatoms. The molecule has 0 fully saturated rings. The molecule has 0 aromatic heterocycles. The van der Waals surface area contributed by atoms with Gasteiger partial charge in [0.25, 0.3) is 0 Å². The van der Waals surface area contributed by atoms with E-state index in [0.29, 0.717) is 34.7 Å². The Morgan fingerprint density at radius 1 is 0.886 bits per heavy atom. The number of benzene rings is 2. The molecule has 1 aliphatic carbocycles. The van der Waals surface area contributed by atoms with E-state index in [1.165, 1.54) is 25.0 Å². The minimum Gasteiger partial charge on any atom is -0.453 e. The van der Waals surface area contributed by atoms with Gasteiger partial charge in [-0.15, -0.1) is 0 Å². The number of allylic oxidation sites excluding steroid dienone is 6. The molecule has 1 aromatic carbocycles. The van der Waals surface area contributed by atoms with Gasteiger partial charge in [0.2, 0.25) is 0 Å². The van der Waals surface area contributed by atoms with Crippen LogP contribution in [-0.4, -0.2) is 11.0 Å². The summed E-state index contributed by atoms with van der Waals surface area (Å²) in [7, 11) is 0. The summed E-state index contributed by atoms with van der Waals surface area (Å²) in [5.41, 5.74) is 1.59. The van der Waals surface area contributed by atoms with Crippen molar-refractivity contribution in [3.63, 3.8) is 0 Å². The maximum Gasteiger partial charge on any atom is 0.311 e. The Morgan fingerprint density at radius 3 is 2.46 bits per heavy atom. The molecule has 0 radical (unpaired) electrons. The molecule has 0 saturated heterocycles. The molecule has 184 valence electrons. The zero-order chi connectivity index (χ0) is 24.7. The lowest BCUT2D eigenvalue weighted by Crippen LogP contribution is -2.07. The molecule has 35 heavy (non-hydrogen) atoms. The first-order valence-electron chi connectivity index (χ1n) is 12.7. The van der Waals surface area contributed by atoms with Crippen LogP contribution in [0.3, 0.4) is 0 Å². The SMILES string of the molecule is CC/C=C\C/C=C\C/C=C\CCCCCCCC(=O)Oc1ccc2nc3ccc(=O)cc-3oc2c1. The quantitative estimate of drug-likeness (QED) is 0.0786. The Morgan fingerprint density at radius 2 is 1.63 bits per heavy atom. The Hall–Kier alpha value is -3.47. The standard InChI is InChI=1S/C30H35NO4/c1-2-3-4-5-6-7-8-9-10-11-12-13-14-15-16-17-30(33)34-25-19-21-27-29(23-25)35-28-22-24(32)18-20-26(28)31-27/h3-4,6-7,9-10,18-23H,2,5,8,11-17H2,1H3/b4-3-,7-6-,10-9-. The zero-order valence-electron chi connectivity index (χ0n) is 20.6.